The minimum absolute atomic E-state index is 0.223. The molecule has 3 N–H and O–H groups in total. The fourth-order valence-electron chi connectivity index (χ4n) is 1.83. The van der Waals surface area contributed by atoms with Gasteiger partial charge in [0.25, 0.3) is 0 Å². The number of nitrogens with one attached hydrogen (secondary N) is 1. The lowest BCUT2D eigenvalue weighted by molar-refractivity contribution is 0.597. The van der Waals surface area contributed by atoms with E-state index in [1.165, 1.54) is 0 Å². The smallest absolute Gasteiger partial charge is 0.232 e. The molecule has 0 aliphatic heterocycles. The van der Waals surface area contributed by atoms with Gasteiger partial charge in [-0.15, -0.1) is 0 Å². The Bertz CT molecular complexity index is 623. The Morgan fingerprint density at radius 1 is 1.42 bits per heavy atom. The predicted molar refractivity (Wildman–Crippen MR) is 77.2 cm³/mol. The molecule has 0 spiro atoms. The van der Waals surface area contributed by atoms with E-state index in [9.17, 15) is 8.42 Å². The van der Waals surface area contributed by atoms with Crippen molar-refractivity contribution >= 4 is 15.7 Å². The molecular formula is C14H18N2O2S. The van der Waals surface area contributed by atoms with Crippen LogP contribution in [0.5, 0.6) is 0 Å². The van der Waals surface area contributed by atoms with Crippen LogP contribution in [0.3, 0.4) is 0 Å². The number of sulfonamides is 1. The van der Waals surface area contributed by atoms with Crippen molar-refractivity contribution in [3.05, 3.63) is 29.3 Å². The molecule has 19 heavy (non-hydrogen) atoms. The number of benzene rings is 1. The van der Waals surface area contributed by atoms with Crippen LogP contribution in [-0.2, 0) is 10.0 Å². The van der Waals surface area contributed by atoms with Crippen molar-refractivity contribution in [3.63, 3.8) is 0 Å². The van der Waals surface area contributed by atoms with Crippen molar-refractivity contribution < 1.29 is 8.42 Å². The molecule has 1 aliphatic rings. The van der Waals surface area contributed by atoms with Crippen molar-refractivity contribution in [1.29, 1.82) is 0 Å². The molecule has 4 nitrogen and oxygen atoms in total. The molecule has 5 heteroatoms. The molecule has 0 atom stereocenters. The van der Waals surface area contributed by atoms with Crippen LogP contribution in [0.25, 0.3) is 0 Å². The van der Waals surface area contributed by atoms with E-state index in [4.69, 9.17) is 5.73 Å². The van der Waals surface area contributed by atoms with Crippen molar-refractivity contribution in [3.8, 4) is 11.8 Å². The van der Waals surface area contributed by atoms with Gasteiger partial charge in [0, 0.05) is 11.3 Å². The van der Waals surface area contributed by atoms with E-state index < -0.39 is 10.0 Å². The number of nitrogens with two attached hydrogens (primary N) is 1. The standard InChI is InChI=1S/C14H18N2O2S/c1-11-9-14(7-6-13(11)3-2-8-15)16-19(17,18)10-12-4-5-12/h6-7,9,12,16H,4-5,8,10,15H2,1H3. The molecule has 0 aromatic heterocycles. The van der Waals surface area contributed by atoms with Crippen LogP contribution in [0.4, 0.5) is 5.69 Å². The third kappa shape index (κ3) is 4.27. The molecule has 0 saturated heterocycles. The van der Waals surface area contributed by atoms with Crippen molar-refractivity contribution in [2.45, 2.75) is 19.8 Å². The minimum Gasteiger partial charge on any atom is -0.320 e. The second kappa shape index (κ2) is 5.64. The molecule has 0 unspecified atom stereocenters. The Labute approximate surface area is 114 Å². The molecule has 2 rings (SSSR count). The summed E-state index contributed by atoms with van der Waals surface area (Å²) in [5.41, 5.74) is 7.73. The van der Waals surface area contributed by atoms with E-state index in [1.54, 1.807) is 12.1 Å². The van der Waals surface area contributed by atoms with Gasteiger partial charge in [0.1, 0.15) is 0 Å². The average molecular weight is 278 g/mol. The topological polar surface area (TPSA) is 72.2 Å². The number of hydrogen-bond acceptors (Lipinski definition) is 3. The molecule has 1 fully saturated rings. The summed E-state index contributed by atoms with van der Waals surface area (Å²) in [6, 6.07) is 5.34. The van der Waals surface area contributed by atoms with Gasteiger partial charge in [-0.1, -0.05) is 11.8 Å². The maximum atomic E-state index is 11.9. The Morgan fingerprint density at radius 3 is 2.74 bits per heavy atom. The fraction of sp³-hybridized carbons (Fsp3) is 0.429. The van der Waals surface area contributed by atoms with Crippen LogP contribution >= 0.6 is 0 Å². The van der Waals surface area contributed by atoms with E-state index in [1.807, 2.05) is 13.0 Å². The first-order chi connectivity index (χ1) is 9.00. The summed E-state index contributed by atoms with van der Waals surface area (Å²) in [5, 5.41) is 0. The summed E-state index contributed by atoms with van der Waals surface area (Å²) in [5.74, 6) is 6.30. The molecule has 0 amide bonds. The largest absolute Gasteiger partial charge is 0.320 e. The predicted octanol–water partition coefficient (Wildman–Crippen LogP) is 1.46. The van der Waals surface area contributed by atoms with Crippen LogP contribution < -0.4 is 10.5 Å². The zero-order valence-electron chi connectivity index (χ0n) is 10.9. The van der Waals surface area contributed by atoms with Gasteiger partial charge in [-0.2, -0.15) is 0 Å². The first-order valence-electron chi connectivity index (χ1n) is 6.30. The number of hydrogen-bond donors (Lipinski definition) is 2. The maximum absolute atomic E-state index is 11.9. The van der Waals surface area contributed by atoms with Crippen LogP contribution in [0, 0.1) is 24.7 Å². The van der Waals surface area contributed by atoms with Gasteiger partial charge in [0.2, 0.25) is 10.0 Å². The van der Waals surface area contributed by atoms with E-state index in [0.29, 0.717) is 18.2 Å². The Morgan fingerprint density at radius 2 is 2.16 bits per heavy atom. The molecule has 1 aromatic rings. The summed E-state index contributed by atoms with van der Waals surface area (Å²) >= 11 is 0. The van der Waals surface area contributed by atoms with Crippen LogP contribution in [0.15, 0.2) is 18.2 Å². The second-order valence-corrected chi connectivity index (χ2v) is 6.63. The highest BCUT2D eigenvalue weighted by molar-refractivity contribution is 7.92. The number of anilines is 1. The van der Waals surface area contributed by atoms with Crippen LogP contribution in [0.2, 0.25) is 0 Å². The third-order valence-electron chi connectivity index (χ3n) is 2.98. The molecule has 1 aromatic carbocycles. The van der Waals surface area contributed by atoms with E-state index in [2.05, 4.69) is 16.6 Å². The van der Waals surface area contributed by atoms with Gasteiger partial charge in [-0.05, 0) is 49.4 Å². The number of aryl methyl sites for hydroxylation is 1. The zero-order chi connectivity index (χ0) is 13.9. The van der Waals surface area contributed by atoms with Gasteiger partial charge < -0.3 is 5.73 Å². The maximum Gasteiger partial charge on any atom is 0.232 e. The quantitative estimate of drug-likeness (QED) is 0.819. The molecule has 1 aliphatic carbocycles. The molecule has 0 bridgehead atoms. The van der Waals surface area contributed by atoms with Gasteiger partial charge in [-0.3, -0.25) is 4.72 Å². The lowest BCUT2D eigenvalue weighted by Crippen LogP contribution is -2.17. The summed E-state index contributed by atoms with van der Waals surface area (Å²) in [7, 11) is -3.22. The van der Waals surface area contributed by atoms with Gasteiger partial charge in [0.15, 0.2) is 0 Å². The molecule has 102 valence electrons. The summed E-state index contributed by atoms with van der Waals surface area (Å²) in [6.07, 6.45) is 2.04. The van der Waals surface area contributed by atoms with Crippen molar-refractivity contribution in [1.82, 2.24) is 0 Å². The Kier molecular flexibility index (Phi) is 4.13. The Balaban J connectivity index is 2.11. The van der Waals surface area contributed by atoms with Gasteiger partial charge >= 0.3 is 0 Å². The normalized spacial score (nSPS) is 14.6. The lowest BCUT2D eigenvalue weighted by Gasteiger charge is -2.09. The first kappa shape index (κ1) is 13.9. The van der Waals surface area contributed by atoms with Gasteiger partial charge in [0.05, 0.1) is 12.3 Å². The number of rotatable bonds is 4. The summed E-state index contributed by atoms with van der Waals surface area (Å²) < 4.78 is 26.3. The van der Waals surface area contributed by atoms with Crippen LogP contribution in [0.1, 0.15) is 24.0 Å². The monoisotopic (exact) mass is 278 g/mol. The van der Waals surface area contributed by atoms with Crippen molar-refractivity contribution in [2.75, 3.05) is 17.0 Å². The molecule has 1 saturated carbocycles. The van der Waals surface area contributed by atoms with E-state index >= 15 is 0 Å². The molecule has 0 heterocycles. The summed E-state index contributed by atoms with van der Waals surface area (Å²) in [6.45, 7) is 2.22. The van der Waals surface area contributed by atoms with E-state index in [-0.39, 0.29) is 5.75 Å². The average Bonchev–Trinajstić information content (AvgIpc) is 3.10. The minimum atomic E-state index is -3.22. The van der Waals surface area contributed by atoms with Gasteiger partial charge in [-0.25, -0.2) is 8.42 Å². The Hall–Kier alpha value is -1.51. The lowest BCUT2D eigenvalue weighted by atomic mass is 10.1. The second-order valence-electron chi connectivity index (χ2n) is 4.86. The fourth-order valence-corrected chi connectivity index (χ4v) is 3.35. The third-order valence-corrected chi connectivity index (χ3v) is 4.43. The summed E-state index contributed by atoms with van der Waals surface area (Å²) in [4.78, 5) is 0. The highest BCUT2D eigenvalue weighted by Gasteiger charge is 2.27. The highest BCUT2D eigenvalue weighted by atomic mass is 32.2. The van der Waals surface area contributed by atoms with Crippen molar-refractivity contribution in [2.24, 2.45) is 11.7 Å². The highest BCUT2D eigenvalue weighted by Crippen LogP contribution is 2.30. The first-order valence-corrected chi connectivity index (χ1v) is 7.95. The molecular weight excluding hydrogens is 260 g/mol. The van der Waals surface area contributed by atoms with E-state index in [0.717, 1.165) is 24.0 Å². The zero-order valence-corrected chi connectivity index (χ0v) is 11.8. The molecule has 0 radical (unpaired) electrons. The SMILES string of the molecule is Cc1cc(NS(=O)(=O)CC2CC2)ccc1C#CCN. The van der Waals surface area contributed by atoms with Crippen LogP contribution in [-0.4, -0.2) is 20.7 Å².